The van der Waals surface area contributed by atoms with E-state index < -0.39 is 6.10 Å². The Balaban J connectivity index is 1.65. The molecule has 4 atom stereocenters. The van der Waals surface area contributed by atoms with Crippen LogP contribution in [0.4, 0.5) is 4.39 Å². The number of fused-ring (bicyclic) bond motifs is 1. The molecule has 1 aromatic carbocycles. The summed E-state index contributed by atoms with van der Waals surface area (Å²) < 4.78 is 25.4. The molecule has 0 bridgehead atoms. The lowest BCUT2D eigenvalue weighted by Gasteiger charge is -2.44. The number of amides is 1. The lowest BCUT2D eigenvalue weighted by atomic mass is 9.94. The van der Waals surface area contributed by atoms with Gasteiger partial charge >= 0.3 is 0 Å². The molecule has 3 rings (SSSR count). The zero-order valence-corrected chi connectivity index (χ0v) is 16.5. The van der Waals surface area contributed by atoms with Gasteiger partial charge in [0.2, 0.25) is 5.91 Å². The van der Waals surface area contributed by atoms with Crippen molar-refractivity contribution < 1.29 is 23.8 Å². The van der Waals surface area contributed by atoms with Crippen molar-refractivity contribution in [2.45, 2.75) is 63.5 Å². The Kier molecular flexibility index (Phi) is 7.79. The zero-order valence-electron chi connectivity index (χ0n) is 16.5. The molecule has 0 spiro atoms. The summed E-state index contributed by atoms with van der Waals surface area (Å²) in [5, 5.41) is 13.1. The number of hydrogen-bond donors (Lipinski definition) is 2. The Hall–Kier alpha value is -1.54. The standard InChI is InChI=1S/C21H31FN2O4/c1-2-8-23-21(26)10-18-6-7-19-20(28-18)14-27-13-17(25)12-24(19)11-15-4-3-5-16(22)9-15/h3-5,9,17-20,25H,2,6-8,10-14H2,1H3,(H,23,26)/t17-,18+,19+,20-/m1/s1. The normalized spacial score (nSPS) is 28.8. The van der Waals surface area contributed by atoms with Crippen LogP contribution in [0, 0.1) is 5.82 Å². The Labute approximate surface area is 166 Å². The van der Waals surface area contributed by atoms with Crippen molar-refractivity contribution in [2.75, 3.05) is 26.3 Å². The van der Waals surface area contributed by atoms with Crippen LogP contribution in [-0.4, -0.2) is 66.6 Å². The van der Waals surface area contributed by atoms with Gasteiger partial charge in [-0.2, -0.15) is 0 Å². The molecule has 0 aliphatic carbocycles. The molecule has 2 N–H and O–H groups in total. The third kappa shape index (κ3) is 5.98. The quantitative estimate of drug-likeness (QED) is 0.771. The van der Waals surface area contributed by atoms with Crippen molar-refractivity contribution in [3.05, 3.63) is 35.6 Å². The van der Waals surface area contributed by atoms with Gasteiger partial charge in [-0.05, 0) is 37.0 Å². The molecule has 28 heavy (non-hydrogen) atoms. The van der Waals surface area contributed by atoms with Crippen LogP contribution < -0.4 is 5.32 Å². The first-order valence-electron chi connectivity index (χ1n) is 10.2. The van der Waals surface area contributed by atoms with Crippen LogP contribution >= 0.6 is 0 Å². The maximum atomic E-state index is 13.6. The summed E-state index contributed by atoms with van der Waals surface area (Å²) in [5.74, 6) is -0.243. The van der Waals surface area contributed by atoms with Gasteiger partial charge in [0, 0.05) is 25.7 Å². The number of nitrogens with zero attached hydrogens (tertiary/aromatic N) is 1. The number of ether oxygens (including phenoxy) is 2. The summed E-state index contributed by atoms with van der Waals surface area (Å²) in [6, 6.07) is 6.62. The molecule has 2 heterocycles. The third-order valence-electron chi connectivity index (χ3n) is 5.35. The molecule has 2 saturated heterocycles. The largest absolute Gasteiger partial charge is 0.389 e. The SMILES string of the molecule is CCCNC(=O)C[C@@H]1CC[C@H]2[C@@H](COC[C@H](O)CN2Cc2cccc(F)c2)O1. The molecule has 156 valence electrons. The fraction of sp³-hybridized carbons (Fsp3) is 0.667. The monoisotopic (exact) mass is 394 g/mol. The first kappa shape index (κ1) is 21.2. The van der Waals surface area contributed by atoms with Crippen LogP contribution in [0.3, 0.4) is 0 Å². The molecule has 1 amide bonds. The van der Waals surface area contributed by atoms with Gasteiger partial charge in [-0.3, -0.25) is 9.69 Å². The van der Waals surface area contributed by atoms with E-state index in [1.54, 1.807) is 6.07 Å². The van der Waals surface area contributed by atoms with Gasteiger partial charge in [0.1, 0.15) is 5.82 Å². The van der Waals surface area contributed by atoms with Crippen LogP contribution in [-0.2, 0) is 20.8 Å². The van der Waals surface area contributed by atoms with Gasteiger partial charge in [0.15, 0.2) is 0 Å². The Morgan fingerprint density at radius 1 is 1.36 bits per heavy atom. The summed E-state index contributed by atoms with van der Waals surface area (Å²) in [4.78, 5) is 14.2. The van der Waals surface area contributed by atoms with E-state index in [1.165, 1.54) is 12.1 Å². The van der Waals surface area contributed by atoms with E-state index in [2.05, 4.69) is 10.2 Å². The van der Waals surface area contributed by atoms with E-state index in [1.807, 2.05) is 13.0 Å². The van der Waals surface area contributed by atoms with Crippen molar-refractivity contribution in [1.82, 2.24) is 10.2 Å². The molecule has 7 heteroatoms. The molecule has 2 aliphatic rings. The highest BCUT2D eigenvalue weighted by Gasteiger charge is 2.38. The second-order valence-corrected chi connectivity index (χ2v) is 7.75. The number of carbonyl (C=O) groups is 1. The van der Waals surface area contributed by atoms with Crippen LogP contribution in [0.5, 0.6) is 0 Å². The van der Waals surface area contributed by atoms with Crippen LogP contribution in [0.1, 0.15) is 38.2 Å². The Morgan fingerprint density at radius 3 is 3.00 bits per heavy atom. The first-order chi connectivity index (χ1) is 13.5. The molecule has 1 aromatic rings. The van der Waals surface area contributed by atoms with Crippen molar-refractivity contribution in [1.29, 1.82) is 0 Å². The molecule has 0 saturated carbocycles. The lowest BCUT2D eigenvalue weighted by Crippen LogP contribution is -2.55. The number of aliphatic hydroxyl groups is 1. The zero-order chi connectivity index (χ0) is 19.9. The summed E-state index contributed by atoms with van der Waals surface area (Å²) in [7, 11) is 0. The number of aliphatic hydroxyl groups excluding tert-OH is 1. The van der Waals surface area contributed by atoms with Gasteiger partial charge in [-0.15, -0.1) is 0 Å². The second-order valence-electron chi connectivity index (χ2n) is 7.75. The minimum Gasteiger partial charge on any atom is -0.389 e. The number of rotatable bonds is 6. The summed E-state index contributed by atoms with van der Waals surface area (Å²) in [5.41, 5.74) is 0.869. The molecule has 6 nitrogen and oxygen atoms in total. The number of carbonyl (C=O) groups excluding carboxylic acids is 1. The smallest absolute Gasteiger partial charge is 0.222 e. The average molecular weight is 394 g/mol. The average Bonchev–Trinajstić information content (AvgIpc) is 2.65. The molecular weight excluding hydrogens is 363 g/mol. The Bertz CT molecular complexity index is 645. The lowest BCUT2D eigenvalue weighted by molar-refractivity contribution is -0.158. The van der Waals surface area contributed by atoms with Crippen LogP contribution in [0.25, 0.3) is 0 Å². The number of benzene rings is 1. The predicted octanol–water partition coefficient (Wildman–Crippen LogP) is 1.85. The van der Waals surface area contributed by atoms with E-state index in [9.17, 15) is 14.3 Å². The highest BCUT2D eigenvalue weighted by molar-refractivity contribution is 5.76. The van der Waals surface area contributed by atoms with Crippen LogP contribution in [0.2, 0.25) is 0 Å². The minimum absolute atomic E-state index is 0.0177. The van der Waals surface area contributed by atoms with Crippen LogP contribution in [0.15, 0.2) is 24.3 Å². The Morgan fingerprint density at radius 2 is 2.21 bits per heavy atom. The fourth-order valence-corrected chi connectivity index (χ4v) is 4.04. The maximum absolute atomic E-state index is 13.6. The summed E-state index contributed by atoms with van der Waals surface area (Å²) >= 11 is 0. The van der Waals surface area contributed by atoms with Crippen molar-refractivity contribution in [2.24, 2.45) is 0 Å². The highest BCUT2D eigenvalue weighted by Crippen LogP contribution is 2.28. The molecule has 2 fully saturated rings. The maximum Gasteiger partial charge on any atom is 0.222 e. The van der Waals surface area contributed by atoms with Crippen molar-refractivity contribution in [3.8, 4) is 0 Å². The van der Waals surface area contributed by atoms with Gasteiger partial charge < -0.3 is 19.9 Å². The van der Waals surface area contributed by atoms with Gasteiger partial charge in [0.05, 0.1) is 37.9 Å². The van der Waals surface area contributed by atoms with Gasteiger partial charge in [-0.25, -0.2) is 4.39 Å². The van der Waals surface area contributed by atoms with Crippen molar-refractivity contribution in [3.63, 3.8) is 0 Å². The van der Waals surface area contributed by atoms with E-state index in [0.717, 1.165) is 24.8 Å². The summed E-state index contributed by atoms with van der Waals surface area (Å²) in [6.45, 7) is 4.32. The molecular formula is C21H31FN2O4. The van der Waals surface area contributed by atoms with E-state index in [4.69, 9.17) is 9.47 Å². The number of β-amino-alcohol motifs (C(OH)–C–C–N with tert-alkyl or cyclic N) is 1. The van der Waals surface area contributed by atoms with E-state index in [0.29, 0.717) is 32.7 Å². The van der Waals surface area contributed by atoms with E-state index in [-0.39, 0.29) is 36.6 Å². The topological polar surface area (TPSA) is 71.0 Å². The van der Waals surface area contributed by atoms with Crippen molar-refractivity contribution >= 4 is 5.91 Å². The second kappa shape index (κ2) is 10.3. The molecule has 0 aromatic heterocycles. The van der Waals surface area contributed by atoms with Gasteiger partial charge in [0.25, 0.3) is 0 Å². The predicted molar refractivity (Wildman–Crippen MR) is 103 cm³/mol. The number of halogens is 1. The van der Waals surface area contributed by atoms with E-state index >= 15 is 0 Å². The number of hydrogen-bond acceptors (Lipinski definition) is 5. The minimum atomic E-state index is -0.591. The number of nitrogens with one attached hydrogen (secondary N) is 1. The first-order valence-corrected chi connectivity index (χ1v) is 10.2. The molecule has 0 unspecified atom stereocenters. The molecule has 2 aliphatic heterocycles. The highest BCUT2D eigenvalue weighted by atomic mass is 19.1. The summed E-state index contributed by atoms with van der Waals surface area (Å²) in [6.07, 6.45) is 2.01. The molecule has 0 radical (unpaired) electrons. The third-order valence-corrected chi connectivity index (χ3v) is 5.35. The fourth-order valence-electron chi connectivity index (χ4n) is 4.04. The van der Waals surface area contributed by atoms with Gasteiger partial charge in [-0.1, -0.05) is 19.1 Å².